The number of nitrogens with zero attached hydrogens (tertiary/aromatic N) is 2. The molecule has 1 fully saturated rings. The number of nitrogens with one attached hydrogen (secondary N) is 2. The van der Waals surface area contributed by atoms with Gasteiger partial charge < -0.3 is 10.2 Å². The van der Waals surface area contributed by atoms with E-state index in [1.807, 2.05) is 24.3 Å². The quantitative estimate of drug-likeness (QED) is 0.806. The summed E-state index contributed by atoms with van der Waals surface area (Å²) in [7, 11) is 0. The summed E-state index contributed by atoms with van der Waals surface area (Å²) >= 11 is 0. The molecular weight excluding hydrogens is 288 g/mol. The highest BCUT2D eigenvalue weighted by Gasteiger charge is 2.16. The fraction of sp³-hybridized carbons (Fsp3) is 0.556. The van der Waals surface area contributed by atoms with Crippen LogP contribution >= 0.6 is 0 Å². The molecule has 1 amide bonds. The largest absolute Gasteiger partial charge is 0.351 e. The molecule has 1 saturated heterocycles. The van der Waals surface area contributed by atoms with Crippen molar-refractivity contribution in [3.05, 3.63) is 30.0 Å². The average molecular weight is 314 g/mol. The molecule has 5 heteroatoms. The highest BCUT2D eigenvalue weighted by molar-refractivity contribution is 6.04. The molecule has 23 heavy (non-hydrogen) atoms. The van der Waals surface area contributed by atoms with Gasteiger partial charge in [-0.2, -0.15) is 5.10 Å². The van der Waals surface area contributed by atoms with E-state index < -0.39 is 0 Å². The maximum atomic E-state index is 12.2. The zero-order valence-corrected chi connectivity index (χ0v) is 13.8. The number of piperidine rings is 1. The molecule has 0 unspecified atom stereocenters. The summed E-state index contributed by atoms with van der Waals surface area (Å²) < 4.78 is 0. The van der Waals surface area contributed by atoms with Crippen molar-refractivity contribution in [3.8, 4) is 0 Å². The van der Waals surface area contributed by atoms with Crippen molar-refractivity contribution in [1.82, 2.24) is 20.4 Å². The minimum Gasteiger partial charge on any atom is -0.351 e. The third kappa shape index (κ3) is 4.10. The van der Waals surface area contributed by atoms with E-state index in [1.54, 1.807) is 0 Å². The van der Waals surface area contributed by atoms with E-state index >= 15 is 0 Å². The Morgan fingerprint density at radius 2 is 2.26 bits per heavy atom. The molecule has 2 heterocycles. The molecule has 1 aliphatic heterocycles. The third-order valence-electron chi connectivity index (χ3n) is 4.61. The SMILES string of the molecule is C[C@H]1CCCN(CCCCNC(=O)c2n[nH]c3ccccc23)C1. The van der Waals surface area contributed by atoms with Crippen molar-refractivity contribution in [2.75, 3.05) is 26.2 Å². The number of amides is 1. The van der Waals surface area contributed by atoms with E-state index in [0.717, 1.165) is 36.2 Å². The smallest absolute Gasteiger partial charge is 0.272 e. The number of unbranched alkanes of at least 4 members (excludes halogenated alkanes) is 1. The number of aromatic nitrogens is 2. The molecule has 0 spiro atoms. The summed E-state index contributed by atoms with van der Waals surface area (Å²) in [6.45, 7) is 6.65. The van der Waals surface area contributed by atoms with Gasteiger partial charge in [0.2, 0.25) is 0 Å². The molecule has 3 rings (SSSR count). The molecule has 5 nitrogen and oxygen atoms in total. The molecule has 0 radical (unpaired) electrons. The Kier molecular flexibility index (Phi) is 5.28. The average Bonchev–Trinajstić information content (AvgIpc) is 2.98. The number of fused-ring (bicyclic) bond motifs is 1. The maximum absolute atomic E-state index is 12.2. The van der Waals surface area contributed by atoms with Crippen LogP contribution in [0, 0.1) is 5.92 Å². The number of likely N-dealkylation sites (tertiary alicyclic amines) is 1. The number of benzene rings is 1. The van der Waals surface area contributed by atoms with Crippen LogP contribution in [-0.4, -0.2) is 47.2 Å². The number of H-pyrrole nitrogens is 1. The molecule has 1 atom stereocenters. The van der Waals surface area contributed by atoms with E-state index in [0.29, 0.717) is 12.2 Å². The number of hydrogen-bond acceptors (Lipinski definition) is 3. The summed E-state index contributed by atoms with van der Waals surface area (Å²) in [4.78, 5) is 14.8. The van der Waals surface area contributed by atoms with Gasteiger partial charge in [-0.3, -0.25) is 9.89 Å². The van der Waals surface area contributed by atoms with Gasteiger partial charge in [0.15, 0.2) is 5.69 Å². The van der Waals surface area contributed by atoms with Crippen LogP contribution in [0.25, 0.3) is 10.9 Å². The van der Waals surface area contributed by atoms with Crippen molar-refractivity contribution in [2.24, 2.45) is 5.92 Å². The Hall–Kier alpha value is -1.88. The molecule has 124 valence electrons. The first-order valence-electron chi connectivity index (χ1n) is 8.67. The Labute approximate surface area is 137 Å². The number of para-hydroxylation sites is 1. The Morgan fingerprint density at radius 1 is 1.39 bits per heavy atom. The standard InChI is InChI=1S/C18H26N4O/c1-14-7-6-12-22(13-14)11-5-4-10-19-18(23)17-15-8-2-3-9-16(15)20-21-17/h2-3,8-9,14H,4-7,10-13H2,1H3,(H,19,23)(H,20,21)/t14-/m0/s1. The van der Waals surface area contributed by atoms with Gasteiger partial charge in [0, 0.05) is 18.5 Å². The van der Waals surface area contributed by atoms with Crippen LogP contribution in [-0.2, 0) is 0 Å². The lowest BCUT2D eigenvalue weighted by Crippen LogP contribution is -2.35. The number of aromatic amines is 1. The first kappa shape index (κ1) is 16.0. The Bertz CT molecular complexity index is 651. The predicted molar refractivity (Wildman–Crippen MR) is 92.5 cm³/mol. The van der Waals surface area contributed by atoms with Gasteiger partial charge in [0.25, 0.3) is 5.91 Å². The van der Waals surface area contributed by atoms with Crippen LogP contribution in [0.1, 0.15) is 43.1 Å². The summed E-state index contributed by atoms with van der Waals surface area (Å²) in [6.07, 6.45) is 4.83. The van der Waals surface area contributed by atoms with Gasteiger partial charge in [0.1, 0.15) is 0 Å². The minimum absolute atomic E-state index is 0.0888. The lowest BCUT2D eigenvalue weighted by molar-refractivity contribution is 0.0949. The van der Waals surface area contributed by atoms with Crippen molar-refractivity contribution < 1.29 is 4.79 Å². The molecule has 0 bridgehead atoms. The normalized spacial score (nSPS) is 19.1. The Morgan fingerprint density at radius 3 is 3.13 bits per heavy atom. The van der Waals surface area contributed by atoms with Gasteiger partial charge in [-0.15, -0.1) is 0 Å². The molecule has 2 N–H and O–H groups in total. The van der Waals surface area contributed by atoms with E-state index in [9.17, 15) is 4.79 Å². The molecule has 0 aliphatic carbocycles. The van der Waals surface area contributed by atoms with E-state index in [2.05, 4.69) is 27.3 Å². The van der Waals surface area contributed by atoms with Crippen molar-refractivity contribution in [1.29, 1.82) is 0 Å². The molecule has 1 aromatic carbocycles. The molecule has 1 aliphatic rings. The van der Waals surface area contributed by atoms with Crippen LogP contribution in [0.2, 0.25) is 0 Å². The zero-order chi connectivity index (χ0) is 16.1. The maximum Gasteiger partial charge on any atom is 0.272 e. The summed E-state index contributed by atoms with van der Waals surface area (Å²) in [6, 6.07) is 7.71. The van der Waals surface area contributed by atoms with Crippen molar-refractivity contribution >= 4 is 16.8 Å². The fourth-order valence-corrected chi connectivity index (χ4v) is 3.37. The number of hydrogen-bond donors (Lipinski definition) is 2. The van der Waals surface area contributed by atoms with Crippen LogP contribution < -0.4 is 5.32 Å². The van der Waals surface area contributed by atoms with Crippen LogP contribution in [0.4, 0.5) is 0 Å². The van der Waals surface area contributed by atoms with Crippen molar-refractivity contribution in [3.63, 3.8) is 0 Å². The fourth-order valence-electron chi connectivity index (χ4n) is 3.37. The predicted octanol–water partition coefficient (Wildman–Crippen LogP) is 2.80. The van der Waals surface area contributed by atoms with Gasteiger partial charge >= 0.3 is 0 Å². The van der Waals surface area contributed by atoms with E-state index in [1.165, 1.54) is 25.9 Å². The molecule has 0 saturated carbocycles. The lowest BCUT2D eigenvalue weighted by Gasteiger charge is -2.30. The molecular formula is C18H26N4O. The lowest BCUT2D eigenvalue weighted by atomic mass is 10.0. The second-order valence-electron chi connectivity index (χ2n) is 6.63. The highest BCUT2D eigenvalue weighted by atomic mass is 16.1. The topological polar surface area (TPSA) is 61.0 Å². The minimum atomic E-state index is -0.0888. The van der Waals surface area contributed by atoms with Gasteiger partial charge in [-0.1, -0.05) is 25.1 Å². The monoisotopic (exact) mass is 314 g/mol. The van der Waals surface area contributed by atoms with Crippen LogP contribution in [0.3, 0.4) is 0 Å². The third-order valence-corrected chi connectivity index (χ3v) is 4.61. The number of rotatable bonds is 6. The van der Waals surface area contributed by atoms with Gasteiger partial charge in [0.05, 0.1) is 5.52 Å². The summed E-state index contributed by atoms with van der Waals surface area (Å²) in [5.74, 6) is 0.741. The number of carbonyl (C=O) groups excluding carboxylic acids is 1. The number of carbonyl (C=O) groups is 1. The molecule has 2 aromatic rings. The van der Waals surface area contributed by atoms with Crippen LogP contribution in [0.5, 0.6) is 0 Å². The first-order chi connectivity index (χ1) is 11.2. The summed E-state index contributed by atoms with van der Waals surface area (Å²) in [5.41, 5.74) is 1.39. The second-order valence-corrected chi connectivity index (χ2v) is 6.63. The Balaban J connectivity index is 1.39. The van der Waals surface area contributed by atoms with Gasteiger partial charge in [-0.25, -0.2) is 0 Å². The first-order valence-corrected chi connectivity index (χ1v) is 8.67. The zero-order valence-electron chi connectivity index (χ0n) is 13.8. The summed E-state index contributed by atoms with van der Waals surface area (Å²) in [5, 5.41) is 10.9. The van der Waals surface area contributed by atoms with Gasteiger partial charge in [-0.05, 0) is 50.8 Å². The van der Waals surface area contributed by atoms with E-state index in [-0.39, 0.29) is 5.91 Å². The second kappa shape index (κ2) is 7.59. The van der Waals surface area contributed by atoms with Crippen LogP contribution in [0.15, 0.2) is 24.3 Å². The molecule has 1 aromatic heterocycles. The van der Waals surface area contributed by atoms with Crippen molar-refractivity contribution in [2.45, 2.75) is 32.6 Å². The van der Waals surface area contributed by atoms with E-state index in [4.69, 9.17) is 0 Å². The highest BCUT2D eigenvalue weighted by Crippen LogP contribution is 2.16.